The Morgan fingerprint density at radius 2 is 0.394 bits per heavy atom. The highest BCUT2D eigenvalue weighted by Gasteiger charge is 2.25. The first-order chi connectivity index (χ1) is 35.2. The largest absolute Gasteiger partial charge is 0.311 e. The van der Waals surface area contributed by atoms with Gasteiger partial charge >= 0.3 is 0 Å². The molecule has 0 aliphatic rings. The normalized spacial score (nSPS) is 10.9. The molecule has 10 aromatic carbocycles. The maximum atomic E-state index is 5.76. The predicted octanol–water partition coefficient (Wildman–Crippen LogP) is 16.7. The third-order valence-electron chi connectivity index (χ3n) is 12.3. The quantitative estimate of drug-likeness (QED) is 0.0955. The molecule has 0 bridgehead atoms. The van der Waals surface area contributed by atoms with Crippen LogP contribution in [0, 0.1) is 0 Å². The Balaban J connectivity index is 1.10. The summed E-state index contributed by atoms with van der Waals surface area (Å²) in [5.74, 6) is 1.60. The van der Waals surface area contributed by atoms with Crippen LogP contribution in [0.5, 0.6) is 0 Å². The van der Waals surface area contributed by atoms with Crippen LogP contribution in [0.2, 0.25) is 0 Å². The van der Waals surface area contributed by atoms with E-state index in [1.807, 2.05) is 0 Å². The third kappa shape index (κ3) is 9.82. The Morgan fingerprint density at radius 3 is 0.648 bits per heavy atom. The lowest BCUT2D eigenvalue weighted by molar-refractivity contribution is 1.13. The van der Waals surface area contributed by atoms with Crippen LogP contribution in [-0.4, -0.2) is 4.98 Å². The molecule has 0 aliphatic carbocycles. The summed E-state index contributed by atoms with van der Waals surface area (Å²) in [4.78, 5) is 14.9. The zero-order valence-electron chi connectivity index (χ0n) is 39.1. The minimum Gasteiger partial charge on any atom is -0.311 e. The smallest absolute Gasteiger partial charge is 0.140 e. The van der Waals surface area contributed by atoms with Crippen LogP contribution in [0.25, 0.3) is 0 Å². The van der Waals surface area contributed by atoms with E-state index in [-0.39, 0.29) is 0 Å². The number of rotatable bonds is 15. The van der Waals surface area contributed by atoms with Crippen LogP contribution in [0.15, 0.2) is 303 Å². The van der Waals surface area contributed by atoms with E-state index in [4.69, 9.17) is 4.98 Å². The fourth-order valence-electron chi connectivity index (χ4n) is 9.13. The molecule has 0 saturated heterocycles. The zero-order valence-corrected chi connectivity index (χ0v) is 39.9. The number of aromatic nitrogens is 1. The van der Waals surface area contributed by atoms with E-state index < -0.39 is 7.92 Å². The van der Waals surface area contributed by atoms with E-state index in [1.165, 1.54) is 15.9 Å². The first-order valence-corrected chi connectivity index (χ1v) is 25.2. The Kier molecular flexibility index (Phi) is 13.2. The highest BCUT2D eigenvalue weighted by atomic mass is 31.1. The Labute approximate surface area is 418 Å². The van der Waals surface area contributed by atoms with Crippen LogP contribution in [0.1, 0.15) is 0 Å². The van der Waals surface area contributed by atoms with Crippen molar-refractivity contribution in [1.29, 1.82) is 0 Å². The summed E-state index contributed by atoms with van der Waals surface area (Å²) in [6, 6.07) is 107. The van der Waals surface area contributed by atoms with Gasteiger partial charge in [0.25, 0.3) is 0 Å². The first-order valence-electron chi connectivity index (χ1n) is 23.9. The first kappa shape index (κ1) is 44.5. The van der Waals surface area contributed by atoms with Crippen molar-refractivity contribution < 1.29 is 0 Å². The molecular weight excluding hydrogens is 882 g/mol. The molecule has 0 N–H and O–H groups in total. The number of benzene rings is 10. The van der Waals surface area contributed by atoms with Crippen molar-refractivity contribution in [3.8, 4) is 0 Å². The minimum atomic E-state index is -1.04. The van der Waals surface area contributed by atoms with Gasteiger partial charge in [-0.2, -0.15) is 0 Å². The van der Waals surface area contributed by atoms with Gasteiger partial charge < -0.3 is 9.80 Å². The number of para-hydroxylation sites is 6. The summed E-state index contributed by atoms with van der Waals surface area (Å²) < 4.78 is 0. The molecule has 0 atom stereocenters. The average molecular weight is 932 g/mol. The second kappa shape index (κ2) is 21.1. The number of hydrogen-bond donors (Lipinski definition) is 0. The molecule has 0 spiro atoms. The van der Waals surface area contributed by atoms with E-state index in [0.717, 1.165) is 68.5 Å². The van der Waals surface area contributed by atoms with Gasteiger partial charge in [0.1, 0.15) is 11.6 Å². The molecule has 340 valence electrons. The standard InChI is InChI=1S/C65H50N5P/c1-9-25-51(26-10-1)67(52-27-11-2-12-28-52)57-41-45-59(46-42-57)69(55-33-17-5-18-34-55)64-49-63(71(61-37-21-7-22-38-61)62-39-23-8-24-40-62)50-65(66-64)70(56-35-19-6-20-36-56)60-47-43-58(44-48-60)68(53-29-13-3-14-30-53)54-31-15-4-16-32-54/h1-50H. The number of hydrogen-bond acceptors (Lipinski definition) is 5. The van der Waals surface area contributed by atoms with Crippen molar-refractivity contribution in [2.24, 2.45) is 0 Å². The summed E-state index contributed by atoms with van der Waals surface area (Å²) in [5, 5.41) is 3.69. The van der Waals surface area contributed by atoms with Crippen LogP contribution in [0.4, 0.5) is 68.5 Å². The molecule has 1 aromatic heterocycles. The van der Waals surface area contributed by atoms with E-state index in [1.54, 1.807) is 0 Å². The Bertz CT molecular complexity index is 3080. The monoisotopic (exact) mass is 931 g/mol. The molecule has 1 heterocycles. The molecule has 0 amide bonds. The summed E-state index contributed by atoms with van der Waals surface area (Å²) in [5.41, 5.74) is 10.4. The molecule has 11 aromatic rings. The van der Waals surface area contributed by atoms with E-state index in [2.05, 4.69) is 323 Å². The maximum Gasteiger partial charge on any atom is 0.140 e. The third-order valence-corrected chi connectivity index (χ3v) is 14.8. The highest BCUT2D eigenvalue weighted by molar-refractivity contribution is 7.79. The fraction of sp³-hybridized carbons (Fsp3) is 0. The van der Waals surface area contributed by atoms with Crippen molar-refractivity contribution in [1.82, 2.24) is 4.98 Å². The van der Waals surface area contributed by atoms with Gasteiger partial charge in [0.05, 0.1) is 0 Å². The molecule has 0 radical (unpaired) electrons. The molecule has 6 heteroatoms. The minimum absolute atomic E-state index is 0.802. The lowest BCUT2D eigenvalue weighted by Gasteiger charge is -2.31. The Morgan fingerprint density at radius 1 is 0.197 bits per heavy atom. The van der Waals surface area contributed by atoms with Gasteiger partial charge in [-0.1, -0.05) is 170 Å². The average Bonchev–Trinajstić information content (AvgIpc) is 3.45. The number of pyridine rings is 1. The molecule has 0 fully saturated rings. The van der Waals surface area contributed by atoms with Crippen molar-refractivity contribution in [2.75, 3.05) is 19.6 Å². The second-order valence-electron chi connectivity index (χ2n) is 16.9. The fourth-order valence-corrected chi connectivity index (χ4v) is 11.5. The molecule has 5 nitrogen and oxygen atoms in total. The van der Waals surface area contributed by atoms with Gasteiger partial charge in [0.2, 0.25) is 0 Å². The molecule has 71 heavy (non-hydrogen) atoms. The van der Waals surface area contributed by atoms with Gasteiger partial charge in [-0.05, 0) is 157 Å². The topological polar surface area (TPSA) is 25.9 Å². The van der Waals surface area contributed by atoms with Gasteiger partial charge in [-0.3, -0.25) is 9.80 Å². The summed E-state index contributed by atoms with van der Waals surface area (Å²) in [6.45, 7) is 0. The molecule has 0 unspecified atom stereocenters. The lowest BCUT2D eigenvalue weighted by atomic mass is 10.1. The lowest BCUT2D eigenvalue weighted by Crippen LogP contribution is -2.24. The maximum absolute atomic E-state index is 5.76. The van der Waals surface area contributed by atoms with Crippen LogP contribution in [-0.2, 0) is 0 Å². The summed E-state index contributed by atoms with van der Waals surface area (Å²) >= 11 is 0. The number of anilines is 12. The summed E-state index contributed by atoms with van der Waals surface area (Å²) in [6.07, 6.45) is 0. The van der Waals surface area contributed by atoms with Crippen molar-refractivity contribution in [2.45, 2.75) is 0 Å². The van der Waals surface area contributed by atoms with Crippen molar-refractivity contribution in [3.05, 3.63) is 303 Å². The van der Waals surface area contributed by atoms with Crippen molar-refractivity contribution in [3.63, 3.8) is 0 Å². The zero-order chi connectivity index (χ0) is 47.6. The van der Waals surface area contributed by atoms with Crippen molar-refractivity contribution >= 4 is 92.3 Å². The van der Waals surface area contributed by atoms with Crippen LogP contribution in [0.3, 0.4) is 0 Å². The van der Waals surface area contributed by atoms with E-state index in [9.17, 15) is 0 Å². The summed E-state index contributed by atoms with van der Waals surface area (Å²) in [7, 11) is -1.04. The van der Waals surface area contributed by atoms with Gasteiger partial charge in [-0.15, -0.1) is 0 Å². The Hall–Kier alpha value is -9.02. The van der Waals surface area contributed by atoms with Gasteiger partial charge in [0.15, 0.2) is 0 Å². The second-order valence-corrected chi connectivity index (χ2v) is 19.2. The van der Waals surface area contributed by atoms with E-state index >= 15 is 0 Å². The SMILES string of the molecule is c1ccc(N(c2ccccc2)c2ccc(N(c3ccccc3)c3cc(P(c4ccccc4)c4ccccc4)cc(N(c4ccccc4)c4ccc(N(c5ccccc5)c5ccccc5)cc4)n3)cc2)cc1. The van der Waals surface area contributed by atoms with Gasteiger partial charge in [-0.25, -0.2) is 4.98 Å². The molecular formula is C65H50N5P. The van der Waals surface area contributed by atoms with E-state index in [0.29, 0.717) is 0 Å². The van der Waals surface area contributed by atoms with Crippen LogP contribution < -0.4 is 35.5 Å². The van der Waals surface area contributed by atoms with Gasteiger partial charge in [0, 0.05) is 56.9 Å². The molecule has 0 aliphatic heterocycles. The van der Waals surface area contributed by atoms with Crippen LogP contribution >= 0.6 is 7.92 Å². The molecule has 11 rings (SSSR count). The highest BCUT2D eigenvalue weighted by Crippen LogP contribution is 2.44. The predicted molar refractivity (Wildman–Crippen MR) is 302 cm³/mol. The number of nitrogens with zero attached hydrogens (tertiary/aromatic N) is 5. The molecule has 0 saturated carbocycles.